The fraction of sp³-hybridized carbons (Fsp3) is 0.375. The molecule has 2 heterocycles. The van der Waals surface area contributed by atoms with Gasteiger partial charge in [0.15, 0.2) is 5.82 Å². The van der Waals surface area contributed by atoms with Gasteiger partial charge in [-0.2, -0.15) is 4.98 Å². The molecular formula is C24H26FN3O3. The SMILES string of the molecule is O=C(CCc1ccccc1)N1CCCC(c2nc(CCOc3ccc(F)cc3)no2)C1. The van der Waals surface area contributed by atoms with Crippen LogP contribution in [-0.2, 0) is 17.6 Å². The molecule has 1 fully saturated rings. The Labute approximate surface area is 181 Å². The summed E-state index contributed by atoms with van der Waals surface area (Å²) in [6, 6.07) is 16.0. The second kappa shape index (κ2) is 10.2. The van der Waals surface area contributed by atoms with E-state index in [2.05, 4.69) is 10.1 Å². The van der Waals surface area contributed by atoms with Crippen LogP contribution in [0.25, 0.3) is 0 Å². The number of nitrogens with zero attached hydrogens (tertiary/aromatic N) is 3. The minimum atomic E-state index is -0.296. The van der Waals surface area contributed by atoms with Gasteiger partial charge in [-0.3, -0.25) is 4.79 Å². The van der Waals surface area contributed by atoms with Crippen LogP contribution in [0.15, 0.2) is 59.1 Å². The molecule has 1 unspecified atom stereocenters. The van der Waals surface area contributed by atoms with E-state index in [-0.39, 0.29) is 17.6 Å². The van der Waals surface area contributed by atoms with E-state index in [0.29, 0.717) is 43.5 Å². The second-order valence-electron chi connectivity index (χ2n) is 7.77. The first-order valence-electron chi connectivity index (χ1n) is 10.7. The zero-order valence-electron chi connectivity index (χ0n) is 17.4. The third kappa shape index (κ3) is 5.90. The molecule has 4 rings (SSSR count). The van der Waals surface area contributed by atoms with Gasteiger partial charge in [0, 0.05) is 25.9 Å². The number of amides is 1. The predicted molar refractivity (Wildman–Crippen MR) is 113 cm³/mol. The molecule has 1 atom stereocenters. The summed E-state index contributed by atoms with van der Waals surface area (Å²) < 4.78 is 24.0. The van der Waals surface area contributed by atoms with Gasteiger partial charge in [0.05, 0.1) is 12.5 Å². The van der Waals surface area contributed by atoms with Crippen LogP contribution in [-0.4, -0.2) is 40.6 Å². The number of piperidine rings is 1. The fourth-order valence-electron chi connectivity index (χ4n) is 3.79. The van der Waals surface area contributed by atoms with E-state index < -0.39 is 0 Å². The first-order chi connectivity index (χ1) is 15.2. The van der Waals surface area contributed by atoms with Crippen LogP contribution in [0, 0.1) is 5.82 Å². The van der Waals surface area contributed by atoms with E-state index in [4.69, 9.17) is 9.26 Å². The highest BCUT2D eigenvalue weighted by atomic mass is 19.1. The lowest BCUT2D eigenvalue weighted by Crippen LogP contribution is -2.39. The Kier molecular flexibility index (Phi) is 6.92. The average Bonchev–Trinajstić information content (AvgIpc) is 3.28. The van der Waals surface area contributed by atoms with E-state index >= 15 is 0 Å². The van der Waals surface area contributed by atoms with Crippen molar-refractivity contribution in [2.75, 3.05) is 19.7 Å². The maximum atomic E-state index is 12.9. The first kappa shape index (κ1) is 21.0. The predicted octanol–water partition coefficient (Wildman–Crippen LogP) is 4.17. The number of aryl methyl sites for hydroxylation is 1. The molecule has 1 aliphatic heterocycles. The normalized spacial score (nSPS) is 16.3. The van der Waals surface area contributed by atoms with Crippen LogP contribution in [0.2, 0.25) is 0 Å². The molecule has 0 spiro atoms. The Morgan fingerprint density at radius 3 is 2.74 bits per heavy atom. The van der Waals surface area contributed by atoms with Crippen LogP contribution in [0.1, 0.15) is 42.5 Å². The lowest BCUT2D eigenvalue weighted by Gasteiger charge is -2.31. The number of aromatic nitrogens is 2. The van der Waals surface area contributed by atoms with E-state index in [1.165, 1.54) is 17.7 Å². The van der Waals surface area contributed by atoms with Crippen molar-refractivity contribution in [1.29, 1.82) is 0 Å². The molecule has 2 aromatic carbocycles. The molecule has 3 aromatic rings. The molecule has 31 heavy (non-hydrogen) atoms. The minimum absolute atomic E-state index is 0.0636. The van der Waals surface area contributed by atoms with Gasteiger partial charge < -0.3 is 14.2 Å². The summed E-state index contributed by atoms with van der Waals surface area (Å²) in [5.41, 5.74) is 1.17. The molecule has 1 amide bonds. The minimum Gasteiger partial charge on any atom is -0.493 e. The van der Waals surface area contributed by atoms with E-state index in [1.54, 1.807) is 12.1 Å². The highest BCUT2D eigenvalue weighted by Gasteiger charge is 2.28. The number of rotatable bonds is 8. The molecular weight excluding hydrogens is 397 g/mol. The van der Waals surface area contributed by atoms with Crippen LogP contribution in [0.5, 0.6) is 5.75 Å². The Balaban J connectivity index is 1.26. The molecule has 0 aliphatic carbocycles. The molecule has 1 aromatic heterocycles. The fourth-order valence-corrected chi connectivity index (χ4v) is 3.79. The Morgan fingerprint density at radius 2 is 1.94 bits per heavy atom. The van der Waals surface area contributed by atoms with Crippen molar-refractivity contribution in [3.05, 3.63) is 77.7 Å². The van der Waals surface area contributed by atoms with Gasteiger partial charge in [0.25, 0.3) is 0 Å². The van der Waals surface area contributed by atoms with Gasteiger partial charge in [-0.15, -0.1) is 0 Å². The van der Waals surface area contributed by atoms with Gasteiger partial charge in [-0.25, -0.2) is 4.39 Å². The van der Waals surface area contributed by atoms with Crippen LogP contribution in [0.4, 0.5) is 4.39 Å². The summed E-state index contributed by atoms with van der Waals surface area (Å²) in [4.78, 5) is 19.1. The zero-order chi connectivity index (χ0) is 21.5. The molecule has 0 radical (unpaired) electrons. The van der Waals surface area contributed by atoms with Crippen LogP contribution < -0.4 is 4.74 Å². The molecule has 0 N–H and O–H groups in total. The van der Waals surface area contributed by atoms with E-state index in [9.17, 15) is 9.18 Å². The quantitative estimate of drug-likeness (QED) is 0.544. The van der Waals surface area contributed by atoms with Gasteiger partial charge in [0.1, 0.15) is 11.6 Å². The number of halogens is 1. The summed E-state index contributed by atoms with van der Waals surface area (Å²) in [5, 5.41) is 4.05. The maximum absolute atomic E-state index is 12.9. The number of benzene rings is 2. The molecule has 0 saturated carbocycles. The number of ether oxygens (including phenoxy) is 1. The maximum Gasteiger partial charge on any atom is 0.231 e. The van der Waals surface area contributed by atoms with Crippen molar-refractivity contribution in [1.82, 2.24) is 15.0 Å². The summed E-state index contributed by atoms with van der Waals surface area (Å²) >= 11 is 0. The molecule has 7 heteroatoms. The third-order valence-corrected chi connectivity index (χ3v) is 5.49. The summed E-state index contributed by atoms with van der Waals surface area (Å²) in [7, 11) is 0. The van der Waals surface area contributed by atoms with Crippen molar-refractivity contribution < 1.29 is 18.4 Å². The molecule has 0 bridgehead atoms. The highest BCUT2D eigenvalue weighted by Crippen LogP contribution is 2.26. The van der Waals surface area contributed by atoms with Crippen molar-refractivity contribution in [3.8, 4) is 5.75 Å². The molecule has 1 aliphatic rings. The number of carbonyl (C=O) groups excluding carboxylic acids is 1. The van der Waals surface area contributed by atoms with Crippen molar-refractivity contribution in [2.24, 2.45) is 0 Å². The average molecular weight is 423 g/mol. The standard InChI is InChI=1S/C24H26FN3O3/c25-20-9-11-21(12-10-20)30-16-14-22-26-24(31-27-22)19-7-4-15-28(17-19)23(29)13-8-18-5-2-1-3-6-18/h1-3,5-6,9-12,19H,4,7-8,13-17H2. The largest absolute Gasteiger partial charge is 0.493 e. The van der Waals surface area contributed by atoms with Crippen LogP contribution in [0.3, 0.4) is 0 Å². The topological polar surface area (TPSA) is 68.5 Å². The third-order valence-electron chi connectivity index (χ3n) is 5.49. The Hall–Kier alpha value is -3.22. The number of hydrogen-bond acceptors (Lipinski definition) is 5. The number of likely N-dealkylation sites (tertiary alicyclic amines) is 1. The van der Waals surface area contributed by atoms with Crippen molar-refractivity contribution in [2.45, 2.75) is 38.0 Å². The smallest absolute Gasteiger partial charge is 0.231 e. The summed E-state index contributed by atoms with van der Waals surface area (Å²) in [6.45, 7) is 1.76. The van der Waals surface area contributed by atoms with Gasteiger partial charge in [-0.05, 0) is 49.1 Å². The summed E-state index contributed by atoms with van der Waals surface area (Å²) in [6.07, 6.45) is 3.60. The highest BCUT2D eigenvalue weighted by molar-refractivity contribution is 5.76. The Morgan fingerprint density at radius 1 is 1.13 bits per heavy atom. The lowest BCUT2D eigenvalue weighted by atomic mass is 9.97. The van der Waals surface area contributed by atoms with Crippen LogP contribution >= 0.6 is 0 Å². The molecule has 6 nitrogen and oxygen atoms in total. The van der Waals surface area contributed by atoms with Gasteiger partial charge in [0.2, 0.25) is 11.8 Å². The zero-order valence-corrected chi connectivity index (χ0v) is 17.4. The van der Waals surface area contributed by atoms with Gasteiger partial charge in [-0.1, -0.05) is 35.5 Å². The second-order valence-corrected chi connectivity index (χ2v) is 7.77. The van der Waals surface area contributed by atoms with Crippen molar-refractivity contribution >= 4 is 5.91 Å². The molecule has 1 saturated heterocycles. The summed E-state index contributed by atoms with van der Waals surface area (Å²) in [5.74, 6) is 1.69. The lowest BCUT2D eigenvalue weighted by molar-refractivity contribution is -0.132. The Bertz CT molecular complexity index is 975. The monoisotopic (exact) mass is 423 g/mol. The number of carbonyl (C=O) groups is 1. The number of hydrogen-bond donors (Lipinski definition) is 0. The van der Waals surface area contributed by atoms with Crippen molar-refractivity contribution in [3.63, 3.8) is 0 Å². The van der Waals surface area contributed by atoms with E-state index in [1.807, 2.05) is 35.2 Å². The van der Waals surface area contributed by atoms with E-state index in [0.717, 1.165) is 25.8 Å². The first-order valence-corrected chi connectivity index (χ1v) is 10.7. The van der Waals surface area contributed by atoms with Gasteiger partial charge >= 0.3 is 0 Å². The molecule has 162 valence electrons.